The highest BCUT2D eigenvalue weighted by Crippen LogP contribution is 2.37. The van der Waals surface area contributed by atoms with Gasteiger partial charge in [0, 0.05) is 40.1 Å². The van der Waals surface area contributed by atoms with E-state index in [-0.39, 0.29) is 27.3 Å². The van der Waals surface area contributed by atoms with Crippen LogP contribution in [-0.4, -0.2) is 52.1 Å². The van der Waals surface area contributed by atoms with Gasteiger partial charge in [-0.25, -0.2) is 21.6 Å². The van der Waals surface area contributed by atoms with Crippen LogP contribution in [0.2, 0.25) is 0 Å². The lowest BCUT2D eigenvalue weighted by Crippen LogP contribution is -2.54. The largest absolute Gasteiger partial charge is 0.478 e. The number of ether oxygens (including phenoxy) is 2. The summed E-state index contributed by atoms with van der Waals surface area (Å²) in [7, 11) is -8.03. The topological polar surface area (TPSA) is 201 Å². The number of rotatable bonds is 12. The first-order valence-electron chi connectivity index (χ1n) is 16.0. The number of benzene rings is 2. The summed E-state index contributed by atoms with van der Waals surface area (Å²) in [6.45, 7) is 10.7. The number of sulfone groups is 2. The summed E-state index contributed by atoms with van der Waals surface area (Å²) in [6.07, 6.45) is 2.10. The predicted molar refractivity (Wildman–Crippen MR) is 186 cm³/mol. The molecule has 0 saturated heterocycles. The first-order chi connectivity index (χ1) is 23.2. The number of nitrogens with zero attached hydrogens (tertiary/aromatic N) is 2. The first-order valence-corrected chi connectivity index (χ1v) is 19.1. The second-order valence-electron chi connectivity index (χ2n) is 14.0. The normalized spacial score (nSPS) is 15.9. The molecule has 0 spiro atoms. The Bertz CT molecular complexity index is 1950. The van der Waals surface area contributed by atoms with Crippen molar-refractivity contribution in [2.75, 3.05) is 0 Å². The fraction of sp³-hybridized carbons (Fsp3) is 0.444. The van der Waals surface area contributed by atoms with Crippen molar-refractivity contribution in [3.8, 4) is 23.6 Å². The van der Waals surface area contributed by atoms with Crippen LogP contribution in [0.25, 0.3) is 0 Å². The number of carboxylic acids is 1. The molecular formula is C36H43N3O9S2. The zero-order valence-corrected chi connectivity index (χ0v) is 30.6. The number of carboxylic acid groups (broad SMARTS) is 1. The van der Waals surface area contributed by atoms with Gasteiger partial charge in [0.05, 0.1) is 21.9 Å². The van der Waals surface area contributed by atoms with Crippen molar-refractivity contribution < 1.29 is 41.0 Å². The molecular weight excluding hydrogens is 683 g/mol. The second kappa shape index (κ2) is 15.9. The minimum atomic E-state index is -4.02. The van der Waals surface area contributed by atoms with E-state index in [4.69, 9.17) is 20.0 Å². The van der Waals surface area contributed by atoms with Crippen LogP contribution in [0.4, 0.5) is 0 Å². The third kappa shape index (κ3) is 10.2. The Hall–Kier alpha value is -4.66. The molecule has 14 heteroatoms. The molecule has 2 N–H and O–H groups in total. The van der Waals surface area contributed by atoms with Gasteiger partial charge in [-0.05, 0) is 60.1 Å². The number of amides is 1. The lowest BCUT2D eigenvalue weighted by molar-refractivity contribution is -0.155. The lowest BCUT2D eigenvalue weighted by atomic mass is 9.86. The van der Waals surface area contributed by atoms with Gasteiger partial charge < -0.3 is 19.9 Å². The number of nitrogens with one attached hydrogen (secondary N) is 1. The van der Waals surface area contributed by atoms with Gasteiger partial charge in [-0.15, -0.1) is 0 Å². The van der Waals surface area contributed by atoms with Gasteiger partial charge in [0.25, 0.3) is 5.91 Å². The Morgan fingerprint density at radius 2 is 1.20 bits per heavy atom. The molecule has 0 bridgehead atoms. The molecule has 2 atom stereocenters. The molecule has 1 aliphatic rings. The van der Waals surface area contributed by atoms with E-state index in [0.29, 0.717) is 24.0 Å². The minimum absolute atomic E-state index is 0.00561. The van der Waals surface area contributed by atoms with Gasteiger partial charge >= 0.3 is 5.97 Å². The number of allylic oxidation sites excluding steroid dienone is 2. The number of hydrogen-bond donors (Lipinski definition) is 2. The van der Waals surface area contributed by atoms with E-state index in [1.165, 1.54) is 36.4 Å². The molecule has 0 aromatic heterocycles. The van der Waals surface area contributed by atoms with Gasteiger partial charge in [0.15, 0.2) is 0 Å². The third-order valence-electron chi connectivity index (χ3n) is 8.05. The van der Waals surface area contributed by atoms with Gasteiger partial charge in [0.2, 0.25) is 31.9 Å². The average molecular weight is 726 g/mol. The van der Waals surface area contributed by atoms with Gasteiger partial charge in [-0.3, -0.25) is 4.79 Å². The molecule has 1 fully saturated rings. The molecule has 1 saturated carbocycles. The zero-order chi connectivity index (χ0) is 37.5. The van der Waals surface area contributed by atoms with E-state index in [1.807, 2.05) is 0 Å². The van der Waals surface area contributed by atoms with Gasteiger partial charge in [-0.1, -0.05) is 60.8 Å². The summed E-state index contributed by atoms with van der Waals surface area (Å²) in [5.74, 6) is -2.26. The molecule has 12 nitrogen and oxygen atoms in total. The standard InChI is InChI=1S/C36H43N3O9S2/c1-35(2,3)27-22-25(49(43,44)20-10-18-37)14-16-29(27)47-31(33(40)39-24-12-8-7-9-13-24)32(34(41)42)48-30-17-15-26(23-28(30)36(4,5)6)50(45,46)21-11-19-38/h10-11,14-17,20-24,31-32H,7-9,12-13H2,1-6H3,(H,39,40)(H,41,42). The quantitative estimate of drug-likeness (QED) is 0.257. The molecule has 2 unspecified atom stereocenters. The van der Waals surface area contributed by atoms with E-state index < -0.39 is 54.6 Å². The minimum Gasteiger partial charge on any atom is -0.478 e. The molecule has 50 heavy (non-hydrogen) atoms. The van der Waals surface area contributed by atoms with Crippen LogP contribution >= 0.6 is 0 Å². The van der Waals surface area contributed by atoms with Crippen molar-refractivity contribution in [3.63, 3.8) is 0 Å². The van der Waals surface area contributed by atoms with Crippen molar-refractivity contribution >= 4 is 31.6 Å². The van der Waals surface area contributed by atoms with Crippen molar-refractivity contribution in [2.45, 2.75) is 113 Å². The summed E-state index contributed by atoms with van der Waals surface area (Å²) < 4.78 is 63.8. The van der Waals surface area contributed by atoms with E-state index >= 15 is 0 Å². The molecule has 3 rings (SSSR count). The fourth-order valence-electron chi connectivity index (χ4n) is 5.45. The number of nitriles is 2. The first kappa shape index (κ1) is 39.8. The highest BCUT2D eigenvalue weighted by Gasteiger charge is 2.41. The SMILES string of the molecule is CC(C)(C)c1cc(S(=O)(=O)C=CC#N)ccc1OC(C(=O)O)C(Oc1ccc(S(=O)(=O)C=CC#N)cc1C(C)(C)C)C(=O)NC1CCCCC1. The Morgan fingerprint density at radius 3 is 1.58 bits per heavy atom. The van der Waals surface area contributed by atoms with Crippen LogP contribution in [0, 0.1) is 22.7 Å². The number of hydrogen-bond acceptors (Lipinski definition) is 10. The Kier molecular flexibility index (Phi) is 12.7. The highest BCUT2D eigenvalue weighted by molar-refractivity contribution is 7.94. The molecule has 1 aliphatic carbocycles. The predicted octanol–water partition coefficient (Wildman–Crippen LogP) is 5.63. The Balaban J connectivity index is 2.19. The van der Waals surface area contributed by atoms with Crippen LogP contribution in [0.1, 0.15) is 84.8 Å². The van der Waals surface area contributed by atoms with Crippen LogP contribution in [0.5, 0.6) is 11.5 Å². The summed E-state index contributed by atoms with van der Waals surface area (Å²) in [5.41, 5.74) is -0.870. The number of aliphatic carboxylic acids is 1. The third-order valence-corrected chi connectivity index (χ3v) is 10.9. The van der Waals surface area contributed by atoms with Crippen LogP contribution in [0.15, 0.2) is 69.2 Å². The maximum Gasteiger partial charge on any atom is 0.349 e. The number of carbonyl (C=O) groups excluding carboxylic acids is 1. The molecule has 0 radical (unpaired) electrons. The second-order valence-corrected chi connectivity index (χ2v) is 17.7. The summed E-state index contributed by atoms with van der Waals surface area (Å²) >= 11 is 0. The summed E-state index contributed by atoms with van der Waals surface area (Å²) in [4.78, 5) is 26.7. The van der Waals surface area contributed by atoms with Gasteiger partial charge in [0.1, 0.15) is 11.5 Å². The summed E-state index contributed by atoms with van der Waals surface area (Å²) in [6, 6.07) is 10.9. The molecule has 0 heterocycles. The lowest BCUT2D eigenvalue weighted by Gasteiger charge is -2.32. The van der Waals surface area contributed by atoms with E-state index in [0.717, 1.165) is 42.2 Å². The van der Waals surface area contributed by atoms with Gasteiger partial charge in [-0.2, -0.15) is 10.5 Å². The fourth-order valence-corrected chi connectivity index (χ4v) is 7.32. The van der Waals surface area contributed by atoms with Crippen molar-refractivity contribution in [1.82, 2.24) is 5.32 Å². The molecule has 268 valence electrons. The monoisotopic (exact) mass is 725 g/mol. The van der Waals surface area contributed by atoms with E-state index in [9.17, 15) is 31.5 Å². The maximum absolute atomic E-state index is 14.0. The molecule has 0 aliphatic heterocycles. The van der Waals surface area contributed by atoms with Crippen molar-refractivity contribution in [3.05, 3.63) is 70.5 Å². The van der Waals surface area contributed by atoms with Crippen LogP contribution < -0.4 is 14.8 Å². The van der Waals surface area contributed by atoms with Crippen LogP contribution in [0.3, 0.4) is 0 Å². The van der Waals surface area contributed by atoms with Crippen molar-refractivity contribution in [1.29, 1.82) is 10.5 Å². The Labute approximate surface area is 294 Å². The molecule has 1 amide bonds. The highest BCUT2D eigenvalue weighted by atomic mass is 32.2. The van der Waals surface area contributed by atoms with Crippen molar-refractivity contribution in [2.24, 2.45) is 0 Å². The number of carbonyl (C=O) groups is 2. The average Bonchev–Trinajstić information content (AvgIpc) is 3.03. The molecule has 2 aromatic carbocycles. The molecule has 2 aromatic rings. The maximum atomic E-state index is 14.0. The summed E-state index contributed by atoms with van der Waals surface area (Å²) in [5, 5.41) is 32.7. The zero-order valence-electron chi connectivity index (χ0n) is 29.0. The van der Waals surface area contributed by atoms with Crippen LogP contribution in [-0.2, 0) is 40.1 Å². The van der Waals surface area contributed by atoms with E-state index in [2.05, 4.69) is 5.32 Å². The Morgan fingerprint density at radius 1 is 0.780 bits per heavy atom. The van der Waals surface area contributed by atoms with E-state index in [1.54, 1.807) is 53.7 Å². The smallest absolute Gasteiger partial charge is 0.349 e.